The summed E-state index contributed by atoms with van der Waals surface area (Å²) in [7, 11) is 1.65. The Kier molecular flexibility index (Phi) is 9.89. The largest absolute Gasteiger partial charge is 0.497 e. The molecule has 3 N–H and O–H groups in total. The van der Waals surface area contributed by atoms with E-state index in [9.17, 15) is 4.79 Å². The van der Waals surface area contributed by atoms with E-state index in [-0.39, 0.29) is 35.6 Å². The van der Waals surface area contributed by atoms with E-state index < -0.39 is 0 Å². The summed E-state index contributed by atoms with van der Waals surface area (Å²) in [6.07, 6.45) is 1.47. The van der Waals surface area contributed by atoms with Crippen molar-refractivity contribution in [3.8, 4) is 5.75 Å². The quantitative estimate of drug-likeness (QED) is 0.227. The number of guanidine groups is 1. The van der Waals surface area contributed by atoms with Gasteiger partial charge < -0.3 is 25.1 Å². The van der Waals surface area contributed by atoms with E-state index >= 15 is 0 Å². The first-order valence-corrected chi connectivity index (χ1v) is 9.77. The van der Waals surface area contributed by atoms with E-state index in [0.29, 0.717) is 18.8 Å². The number of furan rings is 1. The number of methoxy groups -OCH3 is 1. The number of halogens is 1. The van der Waals surface area contributed by atoms with Crippen LogP contribution in [-0.4, -0.2) is 25.5 Å². The first-order chi connectivity index (χ1) is 14.7. The molecule has 31 heavy (non-hydrogen) atoms. The number of nitrogens with one attached hydrogen (secondary N) is 3. The summed E-state index contributed by atoms with van der Waals surface area (Å²) in [5.41, 5.74) is 2.85. The zero-order valence-electron chi connectivity index (χ0n) is 17.6. The number of carbonyl (C=O) groups excluding carboxylic acids is 1. The van der Waals surface area contributed by atoms with E-state index in [0.717, 1.165) is 29.4 Å². The van der Waals surface area contributed by atoms with E-state index in [4.69, 9.17) is 9.15 Å². The summed E-state index contributed by atoms with van der Waals surface area (Å²) in [6.45, 7) is 3.95. The fourth-order valence-electron chi connectivity index (χ4n) is 2.78. The molecule has 0 fully saturated rings. The summed E-state index contributed by atoms with van der Waals surface area (Å²) in [4.78, 5) is 16.7. The van der Waals surface area contributed by atoms with Gasteiger partial charge in [-0.25, -0.2) is 4.99 Å². The normalized spacial score (nSPS) is 10.7. The van der Waals surface area contributed by atoms with Gasteiger partial charge in [-0.2, -0.15) is 0 Å². The molecule has 3 rings (SSSR count). The lowest BCUT2D eigenvalue weighted by molar-refractivity contribution is 0.0996. The lowest BCUT2D eigenvalue weighted by Crippen LogP contribution is -2.36. The number of rotatable bonds is 8. The highest BCUT2D eigenvalue weighted by atomic mass is 127. The molecule has 0 spiro atoms. The predicted octanol–water partition coefficient (Wildman–Crippen LogP) is 4.41. The number of hydrogen-bond donors (Lipinski definition) is 3. The highest BCUT2D eigenvalue weighted by Crippen LogP contribution is 2.14. The van der Waals surface area contributed by atoms with Gasteiger partial charge in [0.25, 0.3) is 5.91 Å². The van der Waals surface area contributed by atoms with Crippen LogP contribution in [0.15, 0.2) is 76.3 Å². The van der Waals surface area contributed by atoms with Gasteiger partial charge in [0.1, 0.15) is 5.75 Å². The molecule has 0 bridgehead atoms. The molecule has 0 aliphatic carbocycles. The molecule has 0 aliphatic heterocycles. The van der Waals surface area contributed by atoms with Gasteiger partial charge in [-0.3, -0.25) is 4.79 Å². The number of carbonyl (C=O) groups is 1. The van der Waals surface area contributed by atoms with E-state index in [1.54, 1.807) is 19.2 Å². The second-order valence-corrected chi connectivity index (χ2v) is 6.53. The molecule has 164 valence electrons. The molecule has 1 aromatic heterocycles. The first-order valence-electron chi connectivity index (χ1n) is 9.77. The molecule has 7 nitrogen and oxygen atoms in total. The monoisotopic (exact) mass is 534 g/mol. The van der Waals surface area contributed by atoms with E-state index in [1.807, 2.05) is 55.5 Å². The van der Waals surface area contributed by atoms with Crippen LogP contribution in [0.2, 0.25) is 0 Å². The summed E-state index contributed by atoms with van der Waals surface area (Å²) in [6, 6.07) is 18.8. The SMILES string of the molecule is CCNC(=NCc1cccc(OC)c1)NCc1ccc(NC(=O)c2ccco2)cc1.I. The van der Waals surface area contributed by atoms with Crippen LogP contribution in [0, 0.1) is 0 Å². The smallest absolute Gasteiger partial charge is 0.291 e. The maximum Gasteiger partial charge on any atom is 0.291 e. The molecule has 8 heteroatoms. The summed E-state index contributed by atoms with van der Waals surface area (Å²) in [5.74, 6) is 1.56. The van der Waals surface area contributed by atoms with Crippen molar-refractivity contribution in [2.24, 2.45) is 4.99 Å². The Bertz CT molecular complexity index is 973. The Morgan fingerprint density at radius 3 is 2.52 bits per heavy atom. The Labute approximate surface area is 199 Å². The third-order valence-electron chi connectivity index (χ3n) is 4.31. The molecule has 1 amide bonds. The summed E-state index contributed by atoms with van der Waals surface area (Å²) < 4.78 is 10.4. The van der Waals surface area contributed by atoms with Crippen LogP contribution < -0.4 is 20.7 Å². The highest BCUT2D eigenvalue weighted by molar-refractivity contribution is 14.0. The van der Waals surface area contributed by atoms with Gasteiger partial charge in [0.2, 0.25) is 0 Å². The molecule has 0 unspecified atom stereocenters. The molecule has 0 aliphatic rings. The lowest BCUT2D eigenvalue weighted by atomic mass is 10.2. The number of amides is 1. The summed E-state index contributed by atoms with van der Waals surface area (Å²) in [5, 5.41) is 9.37. The topological polar surface area (TPSA) is 87.9 Å². The minimum atomic E-state index is -0.273. The van der Waals surface area contributed by atoms with Crippen LogP contribution in [0.1, 0.15) is 28.6 Å². The van der Waals surface area contributed by atoms with Crippen molar-refractivity contribution >= 4 is 41.5 Å². The highest BCUT2D eigenvalue weighted by Gasteiger charge is 2.08. The van der Waals surface area contributed by atoms with Crippen LogP contribution in [-0.2, 0) is 13.1 Å². The number of anilines is 1. The average molecular weight is 534 g/mol. The molecular weight excluding hydrogens is 507 g/mol. The van der Waals surface area contributed by atoms with E-state index in [2.05, 4.69) is 20.9 Å². The summed E-state index contributed by atoms with van der Waals surface area (Å²) >= 11 is 0. The molecule has 0 saturated heterocycles. The van der Waals surface area contributed by atoms with Crippen molar-refractivity contribution in [1.82, 2.24) is 10.6 Å². The van der Waals surface area contributed by atoms with E-state index in [1.165, 1.54) is 6.26 Å². The maximum absolute atomic E-state index is 12.0. The third-order valence-corrected chi connectivity index (χ3v) is 4.31. The maximum atomic E-state index is 12.0. The van der Waals surface area contributed by atoms with Gasteiger partial charge in [-0.1, -0.05) is 24.3 Å². The minimum Gasteiger partial charge on any atom is -0.497 e. The first kappa shape index (κ1) is 24.3. The zero-order valence-corrected chi connectivity index (χ0v) is 19.9. The molecule has 3 aromatic rings. The molecule has 1 heterocycles. The van der Waals surface area contributed by atoms with Crippen molar-refractivity contribution in [2.75, 3.05) is 19.0 Å². The van der Waals surface area contributed by atoms with Gasteiger partial charge in [0.15, 0.2) is 11.7 Å². The third kappa shape index (κ3) is 7.63. The van der Waals surface area contributed by atoms with Crippen LogP contribution in [0.25, 0.3) is 0 Å². The van der Waals surface area contributed by atoms with Gasteiger partial charge in [0.05, 0.1) is 19.9 Å². The fraction of sp³-hybridized carbons (Fsp3) is 0.217. The van der Waals surface area contributed by atoms with Gasteiger partial charge in [0, 0.05) is 18.8 Å². The number of nitrogens with zero attached hydrogens (tertiary/aromatic N) is 1. The van der Waals surface area contributed by atoms with Crippen LogP contribution in [0.4, 0.5) is 5.69 Å². The van der Waals surface area contributed by atoms with Crippen molar-refractivity contribution < 1.29 is 13.9 Å². The van der Waals surface area contributed by atoms with Crippen molar-refractivity contribution in [3.63, 3.8) is 0 Å². The zero-order chi connectivity index (χ0) is 21.2. The average Bonchev–Trinajstić information content (AvgIpc) is 3.32. The van der Waals surface area contributed by atoms with Gasteiger partial charge in [-0.15, -0.1) is 24.0 Å². The Morgan fingerprint density at radius 2 is 1.84 bits per heavy atom. The Balaban J connectivity index is 0.00000341. The van der Waals surface area contributed by atoms with Crippen LogP contribution in [0.5, 0.6) is 5.75 Å². The molecular formula is C23H27IN4O3. The fourth-order valence-corrected chi connectivity index (χ4v) is 2.78. The standard InChI is InChI=1S/C23H26N4O3.HI/c1-3-24-23(26-16-18-6-4-7-20(14-18)29-2)25-15-17-9-11-19(12-10-17)27-22(28)21-8-5-13-30-21;/h4-14H,3,15-16H2,1-2H3,(H,27,28)(H2,24,25,26);1H. The molecule has 0 atom stereocenters. The minimum absolute atomic E-state index is 0. The van der Waals surface area contributed by atoms with Crippen LogP contribution >= 0.6 is 24.0 Å². The Hall–Kier alpha value is -3.01. The molecule has 0 radical (unpaired) electrons. The van der Waals surface area contributed by atoms with Gasteiger partial charge in [-0.05, 0) is 54.4 Å². The number of aliphatic imine (C=N–C) groups is 1. The second kappa shape index (κ2) is 12.6. The van der Waals surface area contributed by atoms with Crippen molar-refractivity contribution in [1.29, 1.82) is 0 Å². The number of hydrogen-bond acceptors (Lipinski definition) is 4. The van der Waals surface area contributed by atoms with Crippen molar-refractivity contribution in [3.05, 3.63) is 83.8 Å². The van der Waals surface area contributed by atoms with Gasteiger partial charge >= 0.3 is 0 Å². The molecule has 2 aromatic carbocycles. The molecule has 0 saturated carbocycles. The Morgan fingerprint density at radius 1 is 1.03 bits per heavy atom. The second-order valence-electron chi connectivity index (χ2n) is 6.53. The number of ether oxygens (including phenoxy) is 1. The predicted molar refractivity (Wildman–Crippen MR) is 133 cm³/mol. The number of benzene rings is 2. The van der Waals surface area contributed by atoms with Crippen LogP contribution in [0.3, 0.4) is 0 Å². The lowest BCUT2D eigenvalue weighted by Gasteiger charge is -2.12. The van der Waals surface area contributed by atoms with Crippen molar-refractivity contribution in [2.45, 2.75) is 20.0 Å².